The molecule has 2 rings (SSSR count). The summed E-state index contributed by atoms with van der Waals surface area (Å²) < 4.78 is 1.90. The largest absolute Gasteiger partial charge is 0.375 e. The van der Waals surface area contributed by atoms with Crippen molar-refractivity contribution in [2.75, 3.05) is 19.0 Å². The smallest absolute Gasteiger partial charge is 0.163 e. The van der Waals surface area contributed by atoms with Crippen molar-refractivity contribution in [2.24, 2.45) is 0 Å². The fourth-order valence-corrected chi connectivity index (χ4v) is 1.61. The highest BCUT2D eigenvalue weighted by Gasteiger charge is 2.08. The maximum atomic E-state index is 4.28. The molecule has 0 aromatic carbocycles. The van der Waals surface area contributed by atoms with Gasteiger partial charge in [0.2, 0.25) is 0 Å². The van der Waals surface area contributed by atoms with Gasteiger partial charge in [0.25, 0.3) is 0 Å². The Kier molecular flexibility index (Phi) is 1.93. The molecular formula is C8H11N4P. The van der Waals surface area contributed by atoms with Crippen molar-refractivity contribution in [3.63, 3.8) is 0 Å². The van der Waals surface area contributed by atoms with Crippen LogP contribution in [0.4, 0.5) is 5.69 Å². The molecule has 0 aliphatic heterocycles. The van der Waals surface area contributed by atoms with E-state index in [-0.39, 0.29) is 0 Å². The molecule has 0 aliphatic rings. The summed E-state index contributed by atoms with van der Waals surface area (Å²) in [6.45, 7) is 0. The minimum absolute atomic E-state index is 0.885. The lowest BCUT2D eigenvalue weighted by molar-refractivity contribution is 1.13. The lowest BCUT2D eigenvalue weighted by Gasteiger charge is -2.08. The Morgan fingerprint density at radius 1 is 1.31 bits per heavy atom. The molecule has 0 N–H and O–H groups in total. The number of nitrogens with zero attached hydrogens (tertiary/aromatic N) is 4. The molecule has 2 heterocycles. The molecule has 0 radical (unpaired) electrons. The van der Waals surface area contributed by atoms with Crippen LogP contribution in [0.25, 0.3) is 11.2 Å². The van der Waals surface area contributed by atoms with Crippen molar-refractivity contribution in [2.45, 2.75) is 0 Å². The number of hydrogen-bond acceptors (Lipinski definition) is 3. The Morgan fingerprint density at radius 3 is 2.69 bits per heavy atom. The minimum atomic E-state index is 0.885. The van der Waals surface area contributed by atoms with Crippen LogP contribution < -0.4 is 4.90 Å². The third kappa shape index (κ3) is 1.27. The number of rotatable bonds is 1. The molecule has 0 amide bonds. The van der Waals surface area contributed by atoms with Crippen LogP contribution >= 0.6 is 9.39 Å². The fourth-order valence-electron chi connectivity index (χ4n) is 1.28. The molecule has 1 atom stereocenters. The van der Waals surface area contributed by atoms with Gasteiger partial charge in [-0.05, 0) is 9.39 Å². The molecule has 0 saturated heterocycles. The van der Waals surface area contributed by atoms with Gasteiger partial charge in [0, 0.05) is 32.7 Å². The zero-order chi connectivity index (χ0) is 9.42. The Balaban J connectivity index is 2.78. The van der Waals surface area contributed by atoms with Gasteiger partial charge in [0.05, 0.1) is 5.69 Å². The van der Waals surface area contributed by atoms with Crippen molar-refractivity contribution >= 4 is 26.2 Å². The standard InChI is InChI=1S/C8H11N4P/c1-11(2)6-5-12(13)8-7(6)9-3-4-10-8/h3-5H,13H2,1-2H3. The van der Waals surface area contributed by atoms with Gasteiger partial charge in [-0.2, -0.15) is 0 Å². The summed E-state index contributed by atoms with van der Waals surface area (Å²) in [6, 6.07) is 0. The van der Waals surface area contributed by atoms with Crippen LogP contribution in [-0.4, -0.2) is 28.4 Å². The van der Waals surface area contributed by atoms with Gasteiger partial charge in [-0.15, -0.1) is 0 Å². The normalized spacial score (nSPS) is 10.7. The van der Waals surface area contributed by atoms with Crippen molar-refractivity contribution in [3.8, 4) is 0 Å². The van der Waals surface area contributed by atoms with Crippen LogP contribution in [0, 0.1) is 0 Å². The van der Waals surface area contributed by atoms with Crippen molar-refractivity contribution in [1.29, 1.82) is 0 Å². The maximum Gasteiger partial charge on any atom is 0.163 e. The van der Waals surface area contributed by atoms with Crippen molar-refractivity contribution in [3.05, 3.63) is 18.6 Å². The van der Waals surface area contributed by atoms with E-state index < -0.39 is 0 Å². The fraction of sp³-hybridized carbons (Fsp3) is 0.250. The van der Waals surface area contributed by atoms with Gasteiger partial charge >= 0.3 is 0 Å². The van der Waals surface area contributed by atoms with E-state index >= 15 is 0 Å². The van der Waals surface area contributed by atoms with Crippen LogP contribution in [0.15, 0.2) is 18.6 Å². The SMILES string of the molecule is CN(C)c1cn(P)c2nccnc12. The Hall–Kier alpha value is -1.15. The second kappa shape index (κ2) is 2.96. The highest BCUT2D eigenvalue weighted by Crippen LogP contribution is 2.25. The number of hydrogen-bond donors (Lipinski definition) is 0. The summed E-state index contributed by atoms with van der Waals surface area (Å²) in [5.41, 5.74) is 2.90. The lowest BCUT2D eigenvalue weighted by atomic mass is 10.4. The predicted octanol–water partition coefficient (Wildman–Crippen LogP) is 1.14. The second-order valence-corrected chi connectivity index (χ2v) is 3.60. The summed E-state index contributed by atoms with van der Waals surface area (Å²) in [7, 11) is 6.59. The quantitative estimate of drug-likeness (QED) is 0.638. The average molecular weight is 194 g/mol. The molecular weight excluding hydrogens is 183 g/mol. The van der Waals surface area contributed by atoms with Gasteiger partial charge in [0.15, 0.2) is 5.65 Å². The van der Waals surface area contributed by atoms with E-state index in [1.807, 2.05) is 29.5 Å². The topological polar surface area (TPSA) is 34.0 Å². The zero-order valence-electron chi connectivity index (χ0n) is 7.60. The molecule has 0 bridgehead atoms. The third-order valence-electron chi connectivity index (χ3n) is 1.91. The van der Waals surface area contributed by atoms with Gasteiger partial charge in [0.1, 0.15) is 5.52 Å². The second-order valence-electron chi connectivity index (χ2n) is 3.04. The van der Waals surface area contributed by atoms with E-state index in [1.54, 1.807) is 12.4 Å². The molecule has 5 heteroatoms. The monoisotopic (exact) mass is 194 g/mol. The summed E-state index contributed by atoms with van der Waals surface area (Å²) in [5.74, 6) is 0. The van der Waals surface area contributed by atoms with Crippen LogP contribution in [0.3, 0.4) is 0 Å². The molecule has 4 nitrogen and oxygen atoms in total. The molecule has 2 aromatic heterocycles. The van der Waals surface area contributed by atoms with Gasteiger partial charge < -0.3 is 9.24 Å². The highest BCUT2D eigenvalue weighted by molar-refractivity contribution is 7.14. The average Bonchev–Trinajstić information content (AvgIpc) is 2.45. The van der Waals surface area contributed by atoms with E-state index in [2.05, 4.69) is 19.4 Å². The van der Waals surface area contributed by atoms with Gasteiger partial charge in [-0.1, -0.05) is 0 Å². The number of anilines is 1. The lowest BCUT2D eigenvalue weighted by Crippen LogP contribution is -2.07. The molecule has 0 fully saturated rings. The van der Waals surface area contributed by atoms with E-state index in [0.29, 0.717) is 0 Å². The Labute approximate surface area is 78.8 Å². The number of fused-ring (bicyclic) bond motifs is 1. The molecule has 0 aliphatic carbocycles. The van der Waals surface area contributed by atoms with E-state index in [1.165, 1.54) is 0 Å². The van der Waals surface area contributed by atoms with E-state index in [9.17, 15) is 0 Å². The molecule has 2 aromatic rings. The summed E-state index contributed by atoms with van der Waals surface area (Å²) in [4.78, 5) is 10.5. The Morgan fingerprint density at radius 2 is 2.00 bits per heavy atom. The van der Waals surface area contributed by atoms with E-state index in [0.717, 1.165) is 16.9 Å². The van der Waals surface area contributed by atoms with Crippen LogP contribution in [0.2, 0.25) is 0 Å². The number of aromatic nitrogens is 3. The van der Waals surface area contributed by atoms with Crippen LogP contribution in [-0.2, 0) is 0 Å². The first kappa shape index (κ1) is 8.45. The predicted molar refractivity (Wildman–Crippen MR) is 57.0 cm³/mol. The van der Waals surface area contributed by atoms with Crippen molar-refractivity contribution in [1.82, 2.24) is 14.3 Å². The van der Waals surface area contributed by atoms with Gasteiger partial charge in [-0.25, -0.2) is 9.97 Å². The third-order valence-corrected chi connectivity index (χ3v) is 2.30. The first-order valence-corrected chi connectivity index (χ1v) is 4.46. The maximum absolute atomic E-state index is 4.28. The first-order valence-electron chi connectivity index (χ1n) is 3.94. The molecule has 0 spiro atoms. The first-order chi connectivity index (χ1) is 6.20. The van der Waals surface area contributed by atoms with Gasteiger partial charge in [-0.3, -0.25) is 0 Å². The summed E-state index contributed by atoms with van der Waals surface area (Å²) >= 11 is 0. The summed E-state index contributed by atoms with van der Waals surface area (Å²) in [5, 5.41) is 0. The Bertz CT molecular complexity index is 435. The molecule has 1 unspecified atom stereocenters. The molecule has 13 heavy (non-hydrogen) atoms. The van der Waals surface area contributed by atoms with Crippen LogP contribution in [0.1, 0.15) is 0 Å². The zero-order valence-corrected chi connectivity index (χ0v) is 8.75. The minimum Gasteiger partial charge on any atom is -0.375 e. The highest BCUT2D eigenvalue weighted by atomic mass is 31.0. The summed E-state index contributed by atoms with van der Waals surface area (Å²) in [6.07, 6.45) is 5.40. The molecule has 68 valence electrons. The molecule has 0 saturated carbocycles. The van der Waals surface area contributed by atoms with Crippen molar-refractivity contribution < 1.29 is 0 Å². The van der Waals surface area contributed by atoms with E-state index in [4.69, 9.17) is 0 Å². The van der Waals surface area contributed by atoms with Crippen LogP contribution in [0.5, 0.6) is 0 Å².